The third-order valence-electron chi connectivity index (χ3n) is 10.6. The second-order valence-electron chi connectivity index (χ2n) is 14.0. The molecule has 0 radical (unpaired) electrons. The van der Waals surface area contributed by atoms with Gasteiger partial charge in [-0.1, -0.05) is 109 Å². The van der Waals surface area contributed by atoms with Gasteiger partial charge in [-0.2, -0.15) is 0 Å². The van der Waals surface area contributed by atoms with E-state index in [1.54, 1.807) is 6.20 Å². The van der Waals surface area contributed by atoms with Crippen LogP contribution < -0.4 is 0 Å². The van der Waals surface area contributed by atoms with Crippen molar-refractivity contribution in [1.29, 1.82) is 0 Å². The Bertz CT molecular complexity index is 3120. The van der Waals surface area contributed by atoms with Gasteiger partial charge in [-0.15, -0.1) is 0 Å². The largest absolute Gasteiger partial charge is 0.456 e. The van der Waals surface area contributed by atoms with E-state index < -0.39 is 0 Å². The van der Waals surface area contributed by atoms with E-state index in [0.717, 1.165) is 105 Å². The molecule has 11 aromatic rings. The quantitative estimate of drug-likeness (QED) is 0.171. The summed E-state index contributed by atoms with van der Waals surface area (Å²) in [5.74, 6) is 0.651. The fraction of sp³-hybridized carbons (Fsp3) is 0. The van der Waals surface area contributed by atoms with Crippen molar-refractivity contribution in [3.8, 4) is 67.3 Å². The Morgan fingerprint density at radius 2 is 0.857 bits per heavy atom. The van der Waals surface area contributed by atoms with Crippen LogP contribution in [0.15, 0.2) is 197 Å². The molecule has 0 atom stereocenters. The number of benzene rings is 7. The molecule has 56 heavy (non-hydrogen) atoms. The fourth-order valence-corrected chi connectivity index (χ4v) is 7.85. The molecule has 11 rings (SSSR count). The van der Waals surface area contributed by atoms with Gasteiger partial charge in [-0.3, -0.25) is 4.98 Å². The molecule has 5 heteroatoms. The smallest absolute Gasteiger partial charge is 0.160 e. The first-order valence-corrected chi connectivity index (χ1v) is 18.6. The molecule has 0 fully saturated rings. The number of hydrogen-bond acceptors (Lipinski definition) is 5. The standard InChI is InChI=1S/C51H31N3O2/c1-2-11-32(12-3-1)51-53-45(30-46(54-51)40-15-5-4-14-39(40)35-13-10-24-52-31-35)38-26-36(33-20-22-43-41-16-6-8-18-47(41)55-49(43)28-33)25-37(27-38)34-21-23-44-42-17-7-9-19-48(42)56-50(44)29-34/h1-31H. The van der Waals surface area contributed by atoms with Crippen LogP contribution in [0.25, 0.3) is 111 Å². The maximum Gasteiger partial charge on any atom is 0.160 e. The van der Waals surface area contributed by atoms with Crippen LogP contribution in [0.1, 0.15) is 0 Å². The predicted octanol–water partition coefficient (Wildman–Crippen LogP) is 13.7. The van der Waals surface area contributed by atoms with Gasteiger partial charge < -0.3 is 8.83 Å². The van der Waals surface area contributed by atoms with Gasteiger partial charge in [0.05, 0.1) is 11.4 Å². The Kier molecular flexibility index (Phi) is 7.42. The molecule has 262 valence electrons. The van der Waals surface area contributed by atoms with E-state index in [1.807, 2.05) is 54.7 Å². The molecule has 4 heterocycles. The Morgan fingerprint density at radius 1 is 0.321 bits per heavy atom. The molecule has 0 aliphatic carbocycles. The summed E-state index contributed by atoms with van der Waals surface area (Å²) in [7, 11) is 0. The number of para-hydroxylation sites is 2. The zero-order chi connectivity index (χ0) is 37.0. The summed E-state index contributed by atoms with van der Waals surface area (Å²) in [5, 5.41) is 4.40. The molecule has 0 amide bonds. The summed E-state index contributed by atoms with van der Waals surface area (Å²) >= 11 is 0. The Labute approximate surface area is 322 Å². The molecule has 0 unspecified atom stereocenters. The highest BCUT2D eigenvalue weighted by molar-refractivity contribution is 6.07. The van der Waals surface area contributed by atoms with Gasteiger partial charge in [0.1, 0.15) is 22.3 Å². The van der Waals surface area contributed by atoms with Crippen molar-refractivity contribution in [2.24, 2.45) is 0 Å². The van der Waals surface area contributed by atoms with Crippen molar-refractivity contribution in [1.82, 2.24) is 15.0 Å². The normalized spacial score (nSPS) is 11.6. The predicted molar refractivity (Wildman–Crippen MR) is 227 cm³/mol. The van der Waals surface area contributed by atoms with Crippen LogP contribution in [0.5, 0.6) is 0 Å². The average Bonchev–Trinajstić information content (AvgIpc) is 3.84. The summed E-state index contributed by atoms with van der Waals surface area (Å²) in [6.45, 7) is 0. The number of hydrogen-bond donors (Lipinski definition) is 0. The van der Waals surface area contributed by atoms with Gasteiger partial charge >= 0.3 is 0 Å². The minimum Gasteiger partial charge on any atom is -0.456 e. The van der Waals surface area contributed by atoms with Crippen LogP contribution in [-0.4, -0.2) is 15.0 Å². The minimum atomic E-state index is 0.651. The Morgan fingerprint density at radius 3 is 1.50 bits per heavy atom. The lowest BCUT2D eigenvalue weighted by Gasteiger charge is -2.15. The van der Waals surface area contributed by atoms with E-state index in [1.165, 1.54) is 0 Å². The highest BCUT2D eigenvalue weighted by Crippen LogP contribution is 2.40. The number of aromatic nitrogens is 3. The second kappa shape index (κ2) is 13.0. The molecule has 4 aromatic heterocycles. The third-order valence-corrected chi connectivity index (χ3v) is 10.6. The van der Waals surface area contributed by atoms with Crippen LogP contribution in [0.2, 0.25) is 0 Å². The van der Waals surface area contributed by atoms with Crippen molar-refractivity contribution < 1.29 is 8.83 Å². The van der Waals surface area contributed by atoms with Gasteiger partial charge in [0.25, 0.3) is 0 Å². The zero-order valence-corrected chi connectivity index (χ0v) is 30.1. The lowest BCUT2D eigenvalue weighted by atomic mass is 9.93. The first-order valence-electron chi connectivity index (χ1n) is 18.6. The number of furan rings is 2. The molecular formula is C51H31N3O2. The molecule has 0 saturated carbocycles. The van der Waals surface area contributed by atoms with Crippen molar-refractivity contribution in [2.45, 2.75) is 0 Å². The number of fused-ring (bicyclic) bond motifs is 6. The molecule has 0 bridgehead atoms. The maximum atomic E-state index is 6.36. The van der Waals surface area contributed by atoms with Crippen molar-refractivity contribution in [3.63, 3.8) is 0 Å². The summed E-state index contributed by atoms with van der Waals surface area (Å²) < 4.78 is 12.7. The fourth-order valence-electron chi connectivity index (χ4n) is 7.85. The third kappa shape index (κ3) is 5.53. The van der Waals surface area contributed by atoms with Gasteiger partial charge in [-0.25, -0.2) is 9.97 Å². The van der Waals surface area contributed by atoms with E-state index in [0.29, 0.717) is 5.82 Å². The molecule has 0 spiro atoms. The lowest BCUT2D eigenvalue weighted by Crippen LogP contribution is -1.97. The van der Waals surface area contributed by atoms with Gasteiger partial charge in [-0.05, 0) is 94.5 Å². The zero-order valence-electron chi connectivity index (χ0n) is 30.1. The molecule has 0 aliphatic rings. The van der Waals surface area contributed by atoms with Crippen molar-refractivity contribution in [2.75, 3.05) is 0 Å². The maximum absolute atomic E-state index is 6.36. The van der Waals surface area contributed by atoms with Crippen LogP contribution in [-0.2, 0) is 0 Å². The Balaban J connectivity index is 1.14. The summed E-state index contributed by atoms with van der Waals surface area (Å²) in [4.78, 5) is 14.9. The highest BCUT2D eigenvalue weighted by atomic mass is 16.3. The summed E-state index contributed by atoms with van der Waals surface area (Å²) in [6, 6.07) is 60.7. The van der Waals surface area contributed by atoms with Crippen molar-refractivity contribution >= 4 is 43.9 Å². The van der Waals surface area contributed by atoms with E-state index in [2.05, 4.69) is 132 Å². The van der Waals surface area contributed by atoms with E-state index in [9.17, 15) is 0 Å². The second-order valence-corrected chi connectivity index (χ2v) is 14.0. The van der Waals surface area contributed by atoms with Gasteiger partial charge in [0.2, 0.25) is 0 Å². The number of nitrogens with zero attached hydrogens (tertiary/aromatic N) is 3. The minimum absolute atomic E-state index is 0.651. The SMILES string of the molecule is c1ccc(-c2nc(-c3cc(-c4ccc5c(c4)oc4ccccc45)cc(-c4ccc5c(c4)oc4ccccc45)c3)cc(-c3ccccc3-c3cccnc3)n2)cc1. The van der Waals surface area contributed by atoms with E-state index in [-0.39, 0.29) is 0 Å². The highest BCUT2D eigenvalue weighted by Gasteiger charge is 2.17. The van der Waals surface area contributed by atoms with Crippen LogP contribution in [0.4, 0.5) is 0 Å². The molecule has 7 aromatic carbocycles. The van der Waals surface area contributed by atoms with Crippen LogP contribution in [0.3, 0.4) is 0 Å². The van der Waals surface area contributed by atoms with Crippen LogP contribution >= 0.6 is 0 Å². The average molecular weight is 718 g/mol. The summed E-state index contributed by atoms with van der Waals surface area (Å²) in [5.41, 5.74) is 14.3. The van der Waals surface area contributed by atoms with Gasteiger partial charge in [0, 0.05) is 56.2 Å². The van der Waals surface area contributed by atoms with Gasteiger partial charge in [0.15, 0.2) is 5.82 Å². The monoisotopic (exact) mass is 717 g/mol. The van der Waals surface area contributed by atoms with Crippen LogP contribution in [0, 0.1) is 0 Å². The van der Waals surface area contributed by atoms with E-state index in [4.69, 9.17) is 18.8 Å². The molecular weight excluding hydrogens is 687 g/mol. The number of rotatable bonds is 6. The topological polar surface area (TPSA) is 65.0 Å². The molecule has 0 N–H and O–H groups in total. The molecule has 0 saturated heterocycles. The Hall–Kier alpha value is -7.63. The first kappa shape index (κ1) is 31.9. The molecule has 0 aliphatic heterocycles. The van der Waals surface area contributed by atoms with Crippen molar-refractivity contribution in [3.05, 3.63) is 188 Å². The molecule has 5 nitrogen and oxygen atoms in total. The summed E-state index contributed by atoms with van der Waals surface area (Å²) in [6.07, 6.45) is 3.69. The first-order chi connectivity index (χ1) is 27.7. The van der Waals surface area contributed by atoms with E-state index >= 15 is 0 Å². The lowest BCUT2D eigenvalue weighted by molar-refractivity contribution is 0.668. The number of pyridine rings is 1.